The first-order valence-corrected chi connectivity index (χ1v) is 5.01. The molecule has 0 amide bonds. The molecular weight excluding hydrogens is 186 g/mol. The third-order valence-corrected chi connectivity index (χ3v) is 2.36. The van der Waals surface area contributed by atoms with Crippen molar-refractivity contribution in [2.75, 3.05) is 0 Å². The van der Waals surface area contributed by atoms with Gasteiger partial charge < -0.3 is 5.11 Å². The molecule has 0 radical (unpaired) electrons. The molecule has 0 bridgehead atoms. The van der Waals surface area contributed by atoms with E-state index in [2.05, 4.69) is 4.98 Å². The molecule has 1 N–H and O–H groups in total. The van der Waals surface area contributed by atoms with E-state index in [0.717, 1.165) is 18.4 Å². The Labute approximate surface area is 89.2 Å². The fraction of sp³-hybridized carbons (Fsp3) is 0.154. The van der Waals surface area contributed by atoms with Gasteiger partial charge in [0.15, 0.2) is 0 Å². The van der Waals surface area contributed by atoms with Crippen LogP contribution >= 0.6 is 0 Å². The van der Waals surface area contributed by atoms with Gasteiger partial charge in [0.1, 0.15) is 5.75 Å². The lowest BCUT2D eigenvalue weighted by Crippen LogP contribution is -1.90. The van der Waals surface area contributed by atoms with E-state index in [4.69, 9.17) is 0 Å². The molecule has 0 unspecified atom stereocenters. The normalized spacial score (nSPS) is 10.1. The lowest BCUT2D eigenvalue weighted by Gasteiger charge is -2.02. The summed E-state index contributed by atoms with van der Waals surface area (Å²) in [7, 11) is 0. The Hall–Kier alpha value is -1.83. The summed E-state index contributed by atoms with van der Waals surface area (Å²) in [6.07, 6.45) is 5.53. The first-order valence-electron chi connectivity index (χ1n) is 5.01. The van der Waals surface area contributed by atoms with Gasteiger partial charge in [-0.3, -0.25) is 4.98 Å². The van der Waals surface area contributed by atoms with Gasteiger partial charge in [-0.25, -0.2) is 0 Å². The Morgan fingerprint density at radius 2 is 1.67 bits per heavy atom. The molecule has 0 aliphatic rings. The molecule has 0 aliphatic heterocycles. The number of phenolic OH excluding ortho intramolecular Hbond substituents is 1. The zero-order valence-corrected chi connectivity index (χ0v) is 8.43. The third-order valence-electron chi connectivity index (χ3n) is 2.36. The number of aromatic hydroxyl groups is 1. The SMILES string of the molecule is Oc1cccc(CCc2ccncc2)c1. The molecule has 2 heteroatoms. The van der Waals surface area contributed by atoms with Gasteiger partial charge in [0.25, 0.3) is 0 Å². The second kappa shape index (κ2) is 4.60. The van der Waals surface area contributed by atoms with E-state index < -0.39 is 0 Å². The van der Waals surface area contributed by atoms with Crippen molar-refractivity contribution >= 4 is 0 Å². The zero-order chi connectivity index (χ0) is 10.5. The Balaban J connectivity index is 1.99. The van der Waals surface area contributed by atoms with E-state index >= 15 is 0 Å². The molecule has 0 saturated heterocycles. The average molecular weight is 199 g/mol. The lowest BCUT2D eigenvalue weighted by molar-refractivity contribution is 0.474. The van der Waals surface area contributed by atoms with E-state index in [-0.39, 0.29) is 0 Å². The van der Waals surface area contributed by atoms with Crippen molar-refractivity contribution in [3.63, 3.8) is 0 Å². The quantitative estimate of drug-likeness (QED) is 0.824. The molecule has 1 aromatic carbocycles. The average Bonchev–Trinajstić information content (AvgIpc) is 2.28. The molecule has 0 atom stereocenters. The van der Waals surface area contributed by atoms with Crippen LogP contribution in [0.2, 0.25) is 0 Å². The van der Waals surface area contributed by atoms with Gasteiger partial charge in [0.05, 0.1) is 0 Å². The van der Waals surface area contributed by atoms with Crippen molar-refractivity contribution in [3.8, 4) is 5.75 Å². The Morgan fingerprint density at radius 3 is 2.40 bits per heavy atom. The van der Waals surface area contributed by atoms with Gasteiger partial charge >= 0.3 is 0 Å². The van der Waals surface area contributed by atoms with Crippen molar-refractivity contribution in [2.45, 2.75) is 12.8 Å². The molecule has 0 aliphatic carbocycles. The van der Waals surface area contributed by atoms with Crippen LogP contribution in [0, 0.1) is 0 Å². The van der Waals surface area contributed by atoms with Gasteiger partial charge in [-0.05, 0) is 48.2 Å². The number of benzene rings is 1. The molecule has 0 spiro atoms. The van der Waals surface area contributed by atoms with Crippen molar-refractivity contribution < 1.29 is 5.11 Å². The van der Waals surface area contributed by atoms with E-state index in [0.29, 0.717) is 5.75 Å². The summed E-state index contributed by atoms with van der Waals surface area (Å²) in [5, 5.41) is 9.30. The highest BCUT2D eigenvalue weighted by Crippen LogP contribution is 2.13. The maximum absolute atomic E-state index is 9.30. The number of pyridine rings is 1. The minimum Gasteiger partial charge on any atom is -0.508 e. The van der Waals surface area contributed by atoms with Crippen molar-refractivity contribution in [1.29, 1.82) is 0 Å². The topological polar surface area (TPSA) is 33.1 Å². The summed E-state index contributed by atoms with van der Waals surface area (Å²) in [5.41, 5.74) is 2.43. The van der Waals surface area contributed by atoms with Crippen LogP contribution < -0.4 is 0 Å². The standard InChI is InChI=1S/C13H13NO/c15-13-3-1-2-12(10-13)5-4-11-6-8-14-9-7-11/h1-3,6-10,15H,4-5H2. The number of rotatable bonds is 3. The molecule has 15 heavy (non-hydrogen) atoms. The number of hydrogen-bond donors (Lipinski definition) is 1. The Kier molecular flexibility index (Phi) is 2.98. The first-order chi connectivity index (χ1) is 7.34. The summed E-state index contributed by atoms with van der Waals surface area (Å²) in [6.45, 7) is 0. The fourth-order valence-corrected chi connectivity index (χ4v) is 1.55. The van der Waals surface area contributed by atoms with Crippen LogP contribution in [0.4, 0.5) is 0 Å². The van der Waals surface area contributed by atoms with E-state index in [1.807, 2.05) is 24.3 Å². The maximum Gasteiger partial charge on any atom is 0.115 e. The molecule has 2 aromatic rings. The highest BCUT2D eigenvalue weighted by molar-refractivity contribution is 5.28. The molecule has 1 heterocycles. The summed E-state index contributed by atoms with van der Waals surface area (Å²) in [5.74, 6) is 0.335. The highest BCUT2D eigenvalue weighted by atomic mass is 16.3. The Morgan fingerprint density at radius 1 is 0.933 bits per heavy atom. The predicted octanol–water partition coefficient (Wildman–Crippen LogP) is 2.57. The van der Waals surface area contributed by atoms with Crippen LogP contribution in [0.15, 0.2) is 48.8 Å². The van der Waals surface area contributed by atoms with Gasteiger partial charge in [-0.15, -0.1) is 0 Å². The molecule has 1 aromatic heterocycles. The summed E-state index contributed by atoms with van der Waals surface area (Å²) < 4.78 is 0. The van der Waals surface area contributed by atoms with Crippen molar-refractivity contribution in [3.05, 3.63) is 59.9 Å². The number of aromatic nitrogens is 1. The molecule has 0 saturated carbocycles. The fourth-order valence-electron chi connectivity index (χ4n) is 1.55. The maximum atomic E-state index is 9.30. The monoisotopic (exact) mass is 199 g/mol. The van der Waals surface area contributed by atoms with Gasteiger partial charge in [-0.2, -0.15) is 0 Å². The first kappa shape index (κ1) is 9.71. The van der Waals surface area contributed by atoms with Crippen LogP contribution in [0.5, 0.6) is 5.75 Å². The van der Waals surface area contributed by atoms with Crippen molar-refractivity contribution in [2.24, 2.45) is 0 Å². The largest absolute Gasteiger partial charge is 0.508 e. The van der Waals surface area contributed by atoms with Crippen LogP contribution in [0.25, 0.3) is 0 Å². The van der Waals surface area contributed by atoms with E-state index in [1.165, 1.54) is 5.56 Å². The minimum atomic E-state index is 0.335. The van der Waals surface area contributed by atoms with Crippen molar-refractivity contribution in [1.82, 2.24) is 4.98 Å². The molecular formula is C13H13NO. The van der Waals surface area contributed by atoms with Crippen LogP contribution in [0.3, 0.4) is 0 Å². The predicted molar refractivity (Wildman–Crippen MR) is 59.8 cm³/mol. The molecule has 76 valence electrons. The van der Waals surface area contributed by atoms with E-state index in [9.17, 15) is 5.11 Å². The highest BCUT2D eigenvalue weighted by Gasteiger charge is 1.96. The molecule has 2 rings (SSSR count). The molecule has 2 nitrogen and oxygen atoms in total. The van der Waals surface area contributed by atoms with Gasteiger partial charge in [-0.1, -0.05) is 12.1 Å². The Bertz CT molecular complexity index is 426. The number of hydrogen-bond acceptors (Lipinski definition) is 2. The third kappa shape index (κ3) is 2.81. The van der Waals surface area contributed by atoms with Gasteiger partial charge in [0, 0.05) is 12.4 Å². The summed E-state index contributed by atoms with van der Waals surface area (Å²) >= 11 is 0. The smallest absolute Gasteiger partial charge is 0.115 e. The zero-order valence-electron chi connectivity index (χ0n) is 8.43. The van der Waals surface area contributed by atoms with Crippen LogP contribution in [-0.2, 0) is 12.8 Å². The second-order valence-electron chi connectivity index (χ2n) is 3.53. The van der Waals surface area contributed by atoms with E-state index in [1.54, 1.807) is 24.5 Å². The van der Waals surface area contributed by atoms with Crippen LogP contribution in [0.1, 0.15) is 11.1 Å². The second-order valence-corrected chi connectivity index (χ2v) is 3.53. The summed E-state index contributed by atoms with van der Waals surface area (Å²) in [6, 6.07) is 11.4. The lowest BCUT2D eigenvalue weighted by atomic mass is 10.1. The number of aryl methyl sites for hydroxylation is 2. The number of nitrogens with zero attached hydrogens (tertiary/aromatic N) is 1. The van der Waals surface area contributed by atoms with Crippen LogP contribution in [-0.4, -0.2) is 10.1 Å². The minimum absolute atomic E-state index is 0.335. The summed E-state index contributed by atoms with van der Waals surface area (Å²) in [4.78, 5) is 3.97. The van der Waals surface area contributed by atoms with Gasteiger partial charge in [0.2, 0.25) is 0 Å². The molecule has 0 fully saturated rings. The number of phenols is 1.